The minimum Gasteiger partial charge on any atom is -0.486 e. The van der Waals surface area contributed by atoms with Crippen molar-refractivity contribution in [1.82, 2.24) is 9.78 Å². The number of aromatic nitrogens is 2. The molecular weight excluding hydrogens is 370 g/mol. The van der Waals surface area contributed by atoms with Crippen LogP contribution < -0.4 is 20.3 Å². The molecule has 0 bridgehead atoms. The Hall–Kier alpha value is -3.61. The Labute approximate surface area is 167 Å². The zero-order valence-corrected chi connectivity index (χ0v) is 16.3. The van der Waals surface area contributed by atoms with Gasteiger partial charge in [-0.15, -0.1) is 0 Å². The van der Waals surface area contributed by atoms with E-state index in [1.807, 2.05) is 50.2 Å². The molecule has 0 saturated carbocycles. The Morgan fingerprint density at radius 3 is 2.62 bits per heavy atom. The highest BCUT2D eigenvalue weighted by atomic mass is 16.6. The van der Waals surface area contributed by atoms with Crippen LogP contribution in [0.2, 0.25) is 0 Å². The number of nitrogens with zero attached hydrogens (tertiary/aromatic N) is 2. The molecule has 1 N–H and O–H groups in total. The number of ether oxygens (including phenoxy) is 2. The number of carbonyl (C=O) groups is 1. The molecule has 0 unspecified atom stereocenters. The van der Waals surface area contributed by atoms with Crippen LogP contribution in [-0.2, 0) is 11.3 Å². The first-order valence-electron chi connectivity index (χ1n) is 9.35. The topological polar surface area (TPSA) is 82.5 Å². The number of aryl methyl sites for hydroxylation is 2. The molecule has 0 spiro atoms. The van der Waals surface area contributed by atoms with E-state index in [0.717, 1.165) is 27.1 Å². The average molecular weight is 391 g/mol. The molecule has 1 aliphatic rings. The fourth-order valence-electron chi connectivity index (χ4n) is 3.20. The second-order valence-corrected chi connectivity index (χ2v) is 6.94. The lowest BCUT2D eigenvalue weighted by Gasteiger charge is -2.18. The van der Waals surface area contributed by atoms with Gasteiger partial charge in [-0.05, 0) is 49.7 Å². The third-order valence-electron chi connectivity index (χ3n) is 4.65. The van der Waals surface area contributed by atoms with Gasteiger partial charge >= 0.3 is 0 Å². The summed E-state index contributed by atoms with van der Waals surface area (Å²) in [6, 6.07) is 14.3. The van der Waals surface area contributed by atoms with Gasteiger partial charge in [0.1, 0.15) is 19.8 Å². The lowest BCUT2D eigenvalue weighted by Crippen LogP contribution is -2.29. The van der Waals surface area contributed by atoms with Gasteiger partial charge < -0.3 is 14.8 Å². The maximum Gasteiger partial charge on any atom is 0.267 e. The van der Waals surface area contributed by atoms with Gasteiger partial charge in [0.2, 0.25) is 5.91 Å². The quantitative estimate of drug-likeness (QED) is 0.739. The largest absolute Gasteiger partial charge is 0.486 e. The van der Waals surface area contributed by atoms with E-state index in [9.17, 15) is 9.59 Å². The predicted molar refractivity (Wildman–Crippen MR) is 109 cm³/mol. The zero-order chi connectivity index (χ0) is 20.4. The summed E-state index contributed by atoms with van der Waals surface area (Å²) in [7, 11) is 0. The van der Waals surface area contributed by atoms with Gasteiger partial charge in [-0.2, -0.15) is 5.10 Å². The van der Waals surface area contributed by atoms with Crippen LogP contribution in [0.15, 0.2) is 53.3 Å². The lowest BCUT2D eigenvalue weighted by molar-refractivity contribution is -0.117. The van der Waals surface area contributed by atoms with Crippen molar-refractivity contribution in [3.63, 3.8) is 0 Å². The molecule has 3 aromatic rings. The van der Waals surface area contributed by atoms with Crippen LogP contribution in [0, 0.1) is 13.8 Å². The monoisotopic (exact) mass is 391 g/mol. The van der Waals surface area contributed by atoms with Gasteiger partial charge in [0.15, 0.2) is 11.5 Å². The van der Waals surface area contributed by atoms with Gasteiger partial charge in [-0.25, -0.2) is 4.68 Å². The van der Waals surface area contributed by atoms with Crippen molar-refractivity contribution < 1.29 is 14.3 Å². The van der Waals surface area contributed by atoms with Crippen LogP contribution in [0.5, 0.6) is 11.5 Å². The molecule has 0 atom stereocenters. The van der Waals surface area contributed by atoms with Crippen molar-refractivity contribution in [2.75, 3.05) is 18.5 Å². The highest BCUT2D eigenvalue weighted by Crippen LogP contribution is 2.33. The van der Waals surface area contributed by atoms with E-state index < -0.39 is 0 Å². The summed E-state index contributed by atoms with van der Waals surface area (Å²) in [5.41, 5.74) is 3.80. The lowest BCUT2D eigenvalue weighted by atomic mass is 10.1. The molecule has 2 heterocycles. The van der Waals surface area contributed by atoms with Gasteiger partial charge in [0.25, 0.3) is 5.56 Å². The standard InChI is InChI=1S/C22H21N3O4/c1-14-3-5-17(15(2)11-14)23-21(26)13-25-22(27)8-6-18(24-25)16-4-7-19-20(12-16)29-10-9-28-19/h3-8,11-12H,9-10,13H2,1-2H3,(H,23,26). The number of hydrogen-bond donors (Lipinski definition) is 1. The van der Waals surface area contributed by atoms with Crippen LogP contribution >= 0.6 is 0 Å². The summed E-state index contributed by atoms with van der Waals surface area (Å²) >= 11 is 0. The number of hydrogen-bond acceptors (Lipinski definition) is 5. The van der Waals surface area contributed by atoms with E-state index in [2.05, 4.69) is 10.4 Å². The third-order valence-corrected chi connectivity index (χ3v) is 4.65. The van der Waals surface area contributed by atoms with E-state index in [1.54, 1.807) is 6.07 Å². The molecule has 1 aromatic heterocycles. The molecule has 7 nitrogen and oxygen atoms in total. The summed E-state index contributed by atoms with van der Waals surface area (Å²) in [6.07, 6.45) is 0. The van der Waals surface area contributed by atoms with Crippen molar-refractivity contribution in [3.05, 3.63) is 70.0 Å². The van der Waals surface area contributed by atoms with Gasteiger partial charge in [-0.1, -0.05) is 17.7 Å². The predicted octanol–water partition coefficient (Wildman–Crippen LogP) is 2.94. The molecular formula is C22H21N3O4. The first kappa shape index (κ1) is 18.7. The van der Waals surface area contributed by atoms with Crippen molar-refractivity contribution >= 4 is 11.6 Å². The molecule has 0 saturated heterocycles. The van der Waals surface area contributed by atoms with E-state index in [0.29, 0.717) is 30.4 Å². The SMILES string of the molecule is Cc1ccc(NC(=O)Cn2nc(-c3ccc4c(c3)OCCO4)ccc2=O)c(C)c1. The fourth-order valence-corrected chi connectivity index (χ4v) is 3.20. The average Bonchev–Trinajstić information content (AvgIpc) is 2.71. The highest BCUT2D eigenvalue weighted by Gasteiger charge is 2.14. The number of carbonyl (C=O) groups excluding carboxylic acids is 1. The van der Waals surface area contributed by atoms with Crippen LogP contribution in [-0.4, -0.2) is 28.9 Å². The first-order chi connectivity index (χ1) is 14.0. The Bertz CT molecular complexity index is 1140. The van der Waals surface area contributed by atoms with Crippen LogP contribution in [0.25, 0.3) is 11.3 Å². The van der Waals surface area contributed by atoms with Crippen molar-refractivity contribution in [2.45, 2.75) is 20.4 Å². The number of anilines is 1. The van der Waals surface area contributed by atoms with Crippen molar-refractivity contribution in [1.29, 1.82) is 0 Å². The smallest absolute Gasteiger partial charge is 0.267 e. The molecule has 148 valence electrons. The molecule has 0 fully saturated rings. The Balaban J connectivity index is 1.55. The molecule has 0 aliphatic carbocycles. The maximum atomic E-state index is 12.5. The number of amides is 1. The van der Waals surface area contributed by atoms with Crippen molar-refractivity contribution in [3.8, 4) is 22.8 Å². The second kappa shape index (κ2) is 7.79. The van der Waals surface area contributed by atoms with Crippen LogP contribution in [0.1, 0.15) is 11.1 Å². The first-order valence-corrected chi connectivity index (χ1v) is 9.35. The van der Waals surface area contributed by atoms with Crippen molar-refractivity contribution in [2.24, 2.45) is 0 Å². The zero-order valence-electron chi connectivity index (χ0n) is 16.3. The van der Waals surface area contributed by atoms with E-state index in [-0.39, 0.29) is 18.0 Å². The summed E-state index contributed by atoms with van der Waals surface area (Å²) in [6.45, 7) is 4.75. The van der Waals surface area contributed by atoms with E-state index in [4.69, 9.17) is 9.47 Å². The summed E-state index contributed by atoms with van der Waals surface area (Å²) in [4.78, 5) is 24.7. The third kappa shape index (κ3) is 4.13. The molecule has 29 heavy (non-hydrogen) atoms. The molecule has 7 heteroatoms. The number of nitrogens with one attached hydrogen (secondary N) is 1. The minimum absolute atomic E-state index is 0.176. The normalized spacial score (nSPS) is 12.5. The van der Waals surface area contributed by atoms with E-state index >= 15 is 0 Å². The Morgan fingerprint density at radius 1 is 1.03 bits per heavy atom. The Kier molecular flexibility index (Phi) is 5.03. The molecule has 4 rings (SSSR count). The Morgan fingerprint density at radius 2 is 1.83 bits per heavy atom. The molecule has 0 radical (unpaired) electrons. The molecule has 1 aliphatic heterocycles. The summed E-state index contributed by atoms with van der Waals surface area (Å²) in [5.74, 6) is 1.01. The highest BCUT2D eigenvalue weighted by molar-refractivity contribution is 5.91. The van der Waals surface area contributed by atoms with Crippen LogP contribution in [0.4, 0.5) is 5.69 Å². The maximum absolute atomic E-state index is 12.5. The number of fused-ring (bicyclic) bond motifs is 1. The molecule has 1 amide bonds. The van der Waals surface area contributed by atoms with Gasteiger partial charge in [0.05, 0.1) is 5.69 Å². The fraction of sp³-hybridized carbons (Fsp3) is 0.227. The van der Waals surface area contributed by atoms with Crippen LogP contribution in [0.3, 0.4) is 0 Å². The second-order valence-electron chi connectivity index (χ2n) is 6.94. The minimum atomic E-state index is -0.345. The summed E-state index contributed by atoms with van der Waals surface area (Å²) < 4.78 is 12.3. The number of rotatable bonds is 4. The summed E-state index contributed by atoms with van der Waals surface area (Å²) in [5, 5.41) is 7.19. The molecule has 2 aromatic carbocycles. The van der Waals surface area contributed by atoms with Gasteiger partial charge in [0, 0.05) is 17.3 Å². The van der Waals surface area contributed by atoms with Gasteiger partial charge in [-0.3, -0.25) is 9.59 Å². The number of benzene rings is 2. The van der Waals surface area contributed by atoms with E-state index in [1.165, 1.54) is 6.07 Å².